The van der Waals surface area contributed by atoms with Crippen LogP contribution in [0.1, 0.15) is 11.1 Å². The number of hydrogen-bond acceptors (Lipinski definition) is 2. The Kier molecular flexibility index (Phi) is 4.13. The Hall–Kier alpha value is -1.64. The quantitative estimate of drug-likeness (QED) is 0.842. The van der Waals surface area contributed by atoms with Crippen molar-refractivity contribution in [1.29, 1.82) is 0 Å². The molecule has 0 bridgehead atoms. The second-order valence-corrected chi connectivity index (χ2v) is 4.59. The van der Waals surface area contributed by atoms with Crippen LogP contribution in [0.5, 0.6) is 0 Å². The van der Waals surface area contributed by atoms with Crippen molar-refractivity contribution >= 4 is 0 Å². The van der Waals surface area contributed by atoms with Crippen molar-refractivity contribution in [3.05, 3.63) is 71.8 Å². The molecule has 0 aromatic heterocycles. The molecule has 2 heteroatoms. The minimum Gasteiger partial charge on any atom is -0.383 e. The number of aliphatic hydroxyl groups is 1. The van der Waals surface area contributed by atoms with Crippen LogP contribution in [0.2, 0.25) is 0 Å². The van der Waals surface area contributed by atoms with Gasteiger partial charge in [-0.05, 0) is 18.2 Å². The van der Waals surface area contributed by atoms with E-state index in [9.17, 15) is 5.11 Å². The second kappa shape index (κ2) is 5.80. The van der Waals surface area contributed by atoms with Crippen LogP contribution in [0.4, 0.5) is 0 Å². The first-order chi connectivity index (χ1) is 8.74. The third kappa shape index (κ3) is 2.97. The van der Waals surface area contributed by atoms with Crippen LogP contribution in [0.15, 0.2) is 60.7 Å². The first kappa shape index (κ1) is 12.8. The molecule has 1 atom stereocenters. The highest BCUT2D eigenvalue weighted by atomic mass is 16.3. The Morgan fingerprint density at radius 1 is 0.944 bits per heavy atom. The predicted octanol–water partition coefficient (Wildman–Crippen LogP) is 2.34. The number of nitrogens with one attached hydrogen (secondary N) is 1. The van der Waals surface area contributed by atoms with Gasteiger partial charge in [0.2, 0.25) is 0 Å². The fraction of sp³-hybridized carbons (Fsp3) is 0.250. The Balaban J connectivity index is 2.27. The summed E-state index contributed by atoms with van der Waals surface area (Å²) in [6, 6.07) is 19.9. The summed E-state index contributed by atoms with van der Waals surface area (Å²) < 4.78 is 0. The van der Waals surface area contributed by atoms with Crippen molar-refractivity contribution in [3.63, 3.8) is 0 Å². The average Bonchev–Trinajstić information content (AvgIpc) is 2.41. The van der Waals surface area contributed by atoms with Crippen molar-refractivity contribution in [3.8, 4) is 0 Å². The highest BCUT2D eigenvalue weighted by Crippen LogP contribution is 2.25. The van der Waals surface area contributed by atoms with Crippen molar-refractivity contribution < 1.29 is 5.11 Å². The minimum absolute atomic E-state index is 0.534. The minimum atomic E-state index is -0.864. The van der Waals surface area contributed by atoms with Crippen LogP contribution in [-0.4, -0.2) is 18.7 Å². The lowest BCUT2D eigenvalue weighted by molar-refractivity contribution is 0.0390. The Bertz CT molecular complexity index is 469. The number of hydrogen-bond donors (Lipinski definition) is 2. The van der Waals surface area contributed by atoms with Gasteiger partial charge in [0.15, 0.2) is 0 Å². The maximum Gasteiger partial charge on any atom is 0.106 e. The molecule has 1 unspecified atom stereocenters. The summed E-state index contributed by atoms with van der Waals surface area (Å²) in [6.07, 6.45) is 0.610. The molecule has 0 spiro atoms. The molecular weight excluding hydrogens is 222 g/mol. The van der Waals surface area contributed by atoms with Gasteiger partial charge in [-0.15, -0.1) is 0 Å². The van der Waals surface area contributed by atoms with E-state index in [1.807, 2.05) is 67.7 Å². The van der Waals surface area contributed by atoms with Crippen LogP contribution >= 0.6 is 0 Å². The lowest BCUT2D eigenvalue weighted by Crippen LogP contribution is -2.38. The molecule has 2 rings (SSSR count). The van der Waals surface area contributed by atoms with Crippen LogP contribution in [-0.2, 0) is 12.0 Å². The lowest BCUT2D eigenvalue weighted by Gasteiger charge is -2.28. The summed E-state index contributed by atoms with van der Waals surface area (Å²) in [5.41, 5.74) is 1.22. The smallest absolute Gasteiger partial charge is 0.106 e. The van der Waals surface area contributed by atoms with Crippen molar-refractivity contribution in [2.45, 2.75) is 12.0 Å². The zero-order chi connectivity index (χ0) is 12.8. The van der Waals surface area contributed by atoms with E-state index in [0.717, 1.165) is 11.1 Å². The first-order valence-electron chi connectivity index (χ1n) is 6.21. The fourth-order valence-electron chi connectivity index (χ4n) is 2.24. The molecule has 94 valence electrons. The molecule has 2 aromatic carbocycles. The molecule has 0 aliphatic heterocycles. The van der Waals surface area contributed by atoms with Gasteiger partial charge in [0, 0.05) is 13.0 Å². The van der Waals surface area contributed by atoms with Gasteiger partial charge in [-0.25, -0.2) is 0 Å². The van der Waals surface area contributed by atoms with E-state index in [1.54, 1.807) is 0 Å². The maximum absolute atomic E-state index is 10.9. The molecule has 2 N–H and O–H groups in total. The van der Waals surface area contributed by atoms with Gasteiger partial charge in [-0.3, -0.25) is 0 Å². The highest BCUT2D eigenvalue weighted by Gasteiger charge is 2.28. The van der Waals surface area contributed by atoms with E-state index < -0.39 is 5.60 Å². The van der Waals surface area contributed by atoms with E-state index in [-0.39, 0.29) is 0 Å². The Labute approximate surface area is 108 Å². The summed E-state index contributed by atoms with van der Waals surface area (Å²) in [7, 11) is 1.86. The fourth-order valence-corrected chi connectivity index (χ4v) is 2.24. The standard InChI is InChI=1S/C16H19NO/c1-17-13-16(18,15-10-6-3-7-11-15)12-14-8-4-2-5-9-14/h2-11,17-18H,12-13H2,1H3. The highest BCUT2D eigenvalue weighted by molar-refractivity contribution is 5.27. The summed E-state index contributed by atoms with van der Waals surface area (Å²) in [6.45, 7) is 0.534. The molecule has 0 saturated carbocycles. The summed E-state index contributed by atoms with van der Waals surface area (Å²) in [5.74, 6) is 0. The monoisotopic (exact) mass is 241 g/mol. The second-order valence-electron chi connectivity index (χ2n) is 4.59. The topological polar surface area (TPSA) is 32.3 Å². The summed E-state index contributed by atoms with van der Waals surface area (Å²) in [4.78, 5) is 0. The SMILES string of the molecule is CNCC(O)(Cc1ccccc1)c1ccccc1. The first-order valence-corrected chi connectivity index (χ1v) is 6.21. The number of benzene rings is 2. The van der Waals surface area contributed by atoms with Crippen LogP contribution in [0, 0.1) is 0 Å². The van der Waals surface area contributed by atoms with Gasteiger partial charge in [-0.2, -0.15) is 0 Å². The van der Waals surface area contributed by atoms with E-state index in [0.29, 0.717) is 13.0 Å². The van der Waals surface area contributed by atoms with Gasteiger partial charge in [-0.1, -0.05) is 60.7 Å². The molecule has 18 heavy (non-hydrogen) atoms. The maximum atomic E-state index is 10.9. The average molecular weight is 241 g/mol. The zero-order valence-electron chi connectivity index (χ0n) is 10.6. The van der Waals surface area contributed by atoms with Gasteiger partial charge >= 0.3 is 0 Å². The van der Waals surface area contributed by atoms with Crippen molar-refractivity contribution in [2.75, 3.05) is 13.6 Å². The summed E-state index contributed by atoms with van der Waals surface area (Å²) in [5, 5.41) is 14.0. The predicted molar refractivity (Wildman–Crippen MR) is 74.4 cm³/mol. The van der Waals surface area contributed by atoms with Crippen molar-refractivity contribution in [1.82, 2.24) is 5.32 Å². The number of likely N-dealkylation sites (N-methyl/N-ethyl adjacent to an activating group) is 1. The molecule has 0 fully saturated rings. The lowest BCUT2D eigenvalue weighted by atomic mass is 9.87. The molecule has 0 amide bonds. The molecule has 0 aliphatic carbocycles. The van der Waals surface area contributed by atoms with Crippen LogP contribution in [0.3, 0.4) is 0 Å². The van der Waals surface area contributed by atoms with E-state index in [4.69, 9.17) is 0 Å². The van der Waals surface area contributed by atoms with Gasteiger partial charge in [0.25, 0.3) is 0 Å². The number of rotatable bonds is 5. The van der Waals surface area contributed by atoms with E-state index in [1.165, 1.54) is 0 Å². The van der Waals surface area contributed by atoms with E-state index in [2.05, 4.69) is 5.32 Å². The largest absolute Gasteiger partial charge is 0.383 e. The third-order valence-corrected chi connectivity index (χ3v) is 3.12. The van der Waals surface area contributed by atoms with Gasteiger partial charge < -0.3 is 10.4 Å². The summed E-state index contributed by atoms with van der Waals surface area (Å²) >= 11 is 0. The molecule has 2 nitrogen and oxygen atoms in total. The molecule has 0 aliphatic rings. The molecule has 0 saturated heterocycles. The normalized spacial score (nSPS) is 14.1. The molecule has 0 heterocycles. The van der Waals surface area contributed by atoms with Gasteiger partial charge in [0.05, 0.1) is 0 Å². The van der Waals surface area contributed by atoms with Gasteiger partial charge in [0.1, 0.15) is 5.60 Å². The van der Waals surface area contributed by atoms with Crippen molar-refractivity contribution in [2.24, 2.45) is 0 Å². The van der Waals surface area contributed by atoms with E-state index >= 15 is 0 Å². The van der Waals surface area contributed by atoms with Crippen LogP contribution in [0.25, 0.3) is 0 Å². The third-order valence-electron chi connectivity index (χ3n) is 3.12. The molecule has 2 aromatic rings. The van der Waals surface area contributed by atoms with Crippen LogP contribution < -0.4 is 5.32 Å². The zero-order valence-corrected chi connectivity index (χ0v) is 10.6. The molecular formula is C16H19NO. The Morgan fingerprint density at radius 2 is 1.50 bits per heavy atom. The Morgan fingerprint density at radius 3 is 2.06 bits per heavy atom. The molecule has 0 radical (unpaired) electrons.